The summed E-state index contributed by atoms with van der Waals surface area (Å²) < 4.78 is 0. The Balaban J connectivity index is 1.93. The zero-order valence-corrected chi connectivity index (χ0v) is 9.19. The van der Waals surface area contributed by atoms with E-state index >= 15 is 0 Å². The molecular formula is C11H18N4. The molecule has 0 aliphatic carbocycles. The van der Waals surface area contributed by atoms with E-state index in [1.165, 1.54) is 25.9 Å². The van der Waals surface area contributed by atoms with Crippen LogP contribution in [0.2, 0.25) is 0 Å². The van der Waals surface area contributed by atoms with Gasteiger partial charge in [0.15, 0.2) is 0 Å². The van der Waals surface area contributed by atoms with E-state index in [2.05, 4.69) is 22.1 Å². The lowest BCUT2D eigenvalue weighted by molar-refractivity contribution is 0.208. The van der Waals surface area contributed by atoms with Gasteiger partial charge in [0.05, 0.1) is 5.69 Å². The number of likely N-dealkylation sites (tertiary alicyclic amines) is 1. The van der Waals surface area contributed by atoms with Crippen LogP contribution in [0.15, 0.2) is 12.1 Å². The van der Waals surface area contributed by atoms with Crippen LogP contribution in [-0.4, -0.2) is 35.2 Å². The molecule has 1 unspecified atom stereocenters. The van der Waals surface area contributed by atoms with Crippen molar-refractivity contribution >= 4 is 5.82 Å². The van der Waals surface area contributed by atoms with Crippen molar-refractivity contribution < 1.29 is 0 Å². The number of piperidine rings is 1. The second kappa shape index (κ2) is 4.57. The molecule has 4 nitrogen and oxygen atoms in total. The first kappa shape index (κ1) is 10.4. The van der Waals surface area contributed by atoms with Crippen molar-refractivity contribution in [1.29, 1.82) is 0 Å². The number of aromatic nitrogens is 2. The zero-order chi connectivity index (χ0) is 10.7. The van der Waals surface area contributed by atoms with E-state index in [9.17, 15) is 0 Å². The number of nitrogens with two attached hydrogens (primary N) is 1. The fourth-order valence-corrected chi connectivity index (χ4v) is 2.21. The Labute approximate surface area is 90.5 Å². The van der Waals surface area contributed by atoms with Crippen molar-refractivity contribution in [2.45, 2.75) is 19.3 Å². The maximum absolute atomic E-state index is 5.50. The van der Waals surface area contributed by atoms with Crippen LogP contribution in [0.5, 0.6) is 0 Å². The Morgan fingerprint density at radius 3 is 3.00 bits per heavy atom. The van der Waals surface area contributed by atoms with E-state index in [1.807, 2.05) is 12.1 Å². The zero-order valence-electron chi connectivity index (χ0n) is 9.19. The van der Waals surface area contributed by atoms with Crippen LogP contribution in [0.4, 0.5) is 5.82 Å². The van der Waals surface area contributed by atoms with Crippen molar-refractivity contribution in [1.82, 2.24) is 15.1 Å². The molecule has 0 amide bonds. The molecule has 0 aromatic carbocycles. The molecule has 2 rings (SSSR count). The Kier molecular flexibility index (Phi) is 3.16. The molecule has 82 valence electrons. The van der Waals surface area contributed by atoms with Crippen LogP contribution in [0.3, 0.4) is 0 Å². The molecule has 0 spiro atoms. The highest BCUT2D eigenvalue weighted by Gasteiger charge is 2.17. The van der Waals surface area contributed by atoms with E-state index in [1.54, 1.807) is 0 Å². The van der Waals surface area contributed by atoms with Crippen LogP contribution in [0.1, 0.15) is 18.5 Å². The van der Waals surface area contributed by atoms with Crippen LogP contribution in [-0.2, 0) is 6.42 Å². The van der Waals surface area contributed by atoms with Gasteiger partial charge in [-0.1, -0.05) is 0 Å². The molecule has 0 bridgehead atoms. The molecule has 15 heavy (non-hydrogen) atoms. The molecule has 0 radical (unpaired) electrons. The molecule has 1 aromatic rings. The number of hydrogen-bond donors (Lipinski definition) is 1. The number of rotatable bonds is 2. The average Bonchev–Trinajstić information content (AvgIpc) is 2.22. The van der Waals surface area contributed by atoms with Gasteiger partial charge >= 0.3 is 0 Å². The van der Waals surface area contributed by atoms with Crippen molar-refractivity contribution in [3.05, 3.63) is 17.8 Å². The monoisotopic (exact) mass is 206 g/mol. The van der Waals surface area contributed by atoms with Gasteiger partial charge in [0.1, 0.15) is 5.82 Å². The molecule has 0 saturated carbocycles. The lowest BCUT2D eigenvalue weighted by Crippen LogP contribution is -2.33. The fourth-order valence-electron chi connectivity index (χ4n) is 2.21. The van der Waals surface area contributed by atoms with E-state index in [0.29, 0.717) is 5.82 Å². The predicted molar refractivity (Wildman–Crippen MR) is 60.4 cm³/mol. The second-order valence-corrected chi connectivity index (χ2v) is 4.42. The second-order valence-electron chi connectivity index (χ2n) is 4.42. The predicted octanol–water partition coefficient (Wildman–Crippen LogP) is 0.943. The SMILES string of the molecule is CN1CCCC(Cc2ccc(N)nn2)C1. The Morgan fingerprint density at radius 1 is 1.47 bits per heavy atom. The normalized spacial score (nSPS) is 22.9. The van der Waals surface area contributed by atoms with Crippen LogP contribution >= 0.6 is 0 Å². The average molecular weight is 206 g/mol. The molecule has 1 saturated heterocycles. The van der Waals surface area contributed by atoms with Gasteiger partial charge < -0.3 is 10.6 Å². The van der Waals surface area contributed by atoms with Crippen molar-refractivity contribution in [3.8, 4) is 0 Å². The summed E-state index contributed by atoms with van der Waals surface area (Å²) in [4.78, 5) is 2.39. The lowest BCUT2D eigenvalue weighted by atomic mass is 9.94. The summed E-state index contributed by atoms with van der Waals surface area (Å²) in [6.45, 7) is 2.40. The maximum Gasteiger partial charge on any atom is 0.146 e. The highest BCUT2D eigenvalue weighted by molar-refractivity contribution is 5.25. The van der Waals surface area contributed by atoms with Gasteiger partial charge in [-0.15, -0.1) is 5.10 Å². The smallest absolute Gasteiger partial charge is 0.146 e. The first-order chi connectivity index (χ1) is 7.24. The first-order valence-corrected chi connectivity index (χ1v) is 5.50. The highest BCUT2D eigenvalue weighted by atomic mass is 15.1. The van der Waals surface area contributed by atoms with Crippen LogP contribution in [0.25, 0.3) is 0 Å². The number of nitrogens with zero attached hydrogens (tertiary/aromatic N) is 3. The van der Waals surface area contributed by atoms with E-state index in [0.717, 1.165) is 18.0 Å². The molecule has 1 aliphatic heterocycles. The minimum absolute atomic E-state index is 0.500. The fraction of sp³-hybridized carbons (Fsp3) is 0.636. The van der Waals surface area contributed by atoms with E-state index < -0.39 is 0 Å². The summed E-state index contributed by atoms with van der Waals surface area (Å²) in [6.07, 6.45) is 3.62. The Bertz CT molecular complexity index is 309. The molecule has 2 N–H and O–H groups in total. The maximum atomic E-state index is 5.50. The molecule has 1 fully saturated rings. The standard InChI is InChI=1S/C11H18N4/c1-15-6-2-3-9(8-15)7-10-4-5-11(12)14-13-10/h4-5,9H,2-3,6-8H2,1H3,(H2,12,14). The summed E-state index contributed by atoms with van der Waals surface area (Å²) in [5, 5.41) is 7.98. The summed E-state index contributed by atoms with van der Waals surface area (Å²) in [5.41, 5.74) is 6.56. The van der Waals surface area contributed by atoms with Crippen LogP contribution in [0, 0.1) is 5.92 Å². The third kappa shape index (κ3) is 2.89. The summed E-state index contributed by atoms with van der Waals surface area (Å²) >= 11 is 0. The molecule has 1 aromatic heterocycles. The molecular weight excluding hydrogens is 188 g/mol. The quantitative estimate of drug-likeness (QED) is 0.782. The van der Waals surface area contributed by atoms with Gasteiger partial charge in [-0.05, 0) is 50.9 Å². The summed E-state index contributed by atoms with van der Waals surface area (Å²) in [6, 6.07) is 3.81. The number of anilines is 1. The largest absolute Gasteiger partial charge is 0.382 e. The Morgan fingerprint density at radius 2 is 2.33 bits per heavy atom. The van der Waals surface area contributed by atoms with Gasteiger partial charge in [-0.2, -0.15) is 5.10 Å². The summed E-state index contributed by atoms with van der Waals surface area (Å²) in [5.74, 6) is 1.22. The van der Waals surface area contributed by atoms with E-state index in [4.69, 9.17) is 5.73 Å². The molecule has 1 atom stereocenters. The van der Waals surface area contributed by atoms with Crippen molar-refractivity contribution in [2.24, 2.45) is 5.92 Å². The van der Waals surface area contributed by atoms with Crippen LogP contribution < -0.4 is 5.73 Å². The third-order valence-corrected chi connectivity index (χ3v) is 2.96. The van der Waals surface area contributed by atoms with Gasteiger partial charge in [-0.3, -0.25) is 0 Å². The topological polar surface area (TPSA) is 55.0 Å². The molecule has 4 heteroatoms. The minimum atomic E-state index is 0.500. The molecule has 1 aliphatic rings. The van der Waals surface area contributed by atoms with E-state index in [-0.39, 0.29) is 0 Å². The summed E-state index contributed by atoms with van der Waals surface area (Å²) in [7, 11) is 2.18. The third-order valence-electron chi connectivity index (χ3n) is 2.96. The van der Waals surface area contributed by atoms with Gasteiger partial charge in [0, 0.05) is 6.54 Å². The number of nitrogen functional groups attached to an aromatic ring is 1. The van der Waals surface area contributed by atoms with Crippen molar-refractivity contribution in [2.75, 3.05) is 25.9 Å². The Hall–Kier alpha value is -1.16. The first-order valence-electron chi connectivity index (χ1n) is 5.50. The van der Waals surface area contributed by atoms with Gasteiger partial charge in [0.2, 0.25) is 0 Å². The van der Waals surface area contributed by atoms with Gasteiger partial charge in [-0.25, -0.2) is 0 Å². The molecule has 2 heterocycles. The van der Waals surface area contributed by atoms with Gasteiger partial charge in [0.25, 0.3) is 0 Å². The minimum Gasteiger partial charge on any atom is -0.382 e. The highest BCUT2D eigenvalue weighted by Crippen LogP contribution is 2.18. The van der Waals surface area contributed by atoms with Crippen molar-refractivity contribution in [3.63, 3.8) is 0 Å². The number of hydrogen-bond acceptors (Lipinski definition) is 4. The lowest BCUT2D eigenvalue weighted by Gasteiger charge is -2.29.